The largest absolute Gasteiger partial charge is 0.493 e. The zero-order valence-electron chi connectivity index (χ0n) is 16.7. The van der Waals surface area contributed by atoms with E-state index in [-0.39, 0.29) is 5.69 Å². The maximum Gasteiger partial charge on any atom is 0.271 e. The smallest absolute Gasteiger partial charge is 0.271 e. The number of morpholine rings is 1. The average molecular weight is 414 g/mol. The molecule has 1 aliphatic heterocycles. The molecule has 1 fully saturated rings. The number of amides is 1. The van der Waals surface area contributed by atoms with Crippen LogP contribution in [0.2, 0.25) is 0 Å². The van der Waals surface area contributed by atoms with Crippen molar-refractivity contribution >= 4 is 23.5 Å². The monoisotopic (exact) mass is 414 g/mol. The summed E-state index contributed by atoms with van der Waals surface area (Å²) in [6.45, 7) is 2.47. The van der Waals surface area contributed by atoms with Gasteiger partial charge < -0.3 is 19.1 Å². The van der Waals surface area contributed by atoms with Gasteiger partial charge in [0.15, 0.2) is 11.5 Å². The summed E-state index contributed by atoms with van der Waals surface area (Å²) in [4.78, 5) is 25.2. The topological polar surface area (TPSA) is 116 Å². The van der Waals surface area contributed by atoms with Crippen LogP contribution in [0.4, 0.5) is 11.4 Å². The second-order valence-corrected chi connectivity index (χ2v) is 6.37. The predicted molar refractivity (Wildman–Crippen MR) is 111 cm³/mol. The standard InChI is InChI=1S/C20H22N4O6/c1-28-18-6-3-14(12-19(18)29-2)20(25)22-21-13-15-11-16(24(26)27)4-5-17(15)23-7-9-30-10-8-23/h3-6,11-13H,7-10H2,1-2H3,(H,22,25)/b21-13-. The molecule has 1 amide bonds. The summed E-state index contributed by atoms with van der Waals surface area (Å²) in [5.41, 5.74) is 4.02. The van der Waals surface area contributed by atoms with Gasteiger partial charge in [0.1, 0.15) is 0 Å². The Balaban J connectivity index is 1.79. The molecule has 0 unspecified atom stereocenters. The number of nitro benzene ring substituents is 1. The first-order chi connectivity index (χ1) is 14.5. The minimum atomic E-state index is -0.470. The molecule has 1 N–H and O–H groups in total. The van der Waals surface area contributed by atoms with E-state index in [0.29, 0.717) is 48.9 Å². The van der Waals surface area contributed by atoms with Crippen molar-refractivity contribution in [3.8, 4) is 11.5 Å². The summed E-state index contributed by atoms with van der Waals surface area (Å²) in [5, 5.41) is 15.2. The first-order valence-corrected chi connectivity index (χ1v) is 9.20. The van der Waals surface area contributed by atoms with Crippen molar-refractivity contribution in [2.75, 3.05) is 45.4 Å². The molecule has 3 rings (SSSR count). The van der Waals surface area contributed by atoms with Gasteiger partial charge in [-0.05, 0) is 24.3 Å². The normalized spacial score (nSPS) is 13.9. The number of benzene rings is 2. The highest BCUT2D eigenvalue weighted by atomic mass is 16.6. The Hall–Kier alpha value is -3.66. The van der Waals surface area contributed by atoms with Gasteiger partial charge in [-0.2, -0.15) is 5.10 Å². The number of nitrogens with one attached hydrogen (secondary N) is 1. The quantitative estimate of drug-likeness (QED) is 0.419. The highest BCUT2D eigenvalue weighted by molar-refractivity contribution is 5.96. The summed E-state index contributed by atoms with van der Waals surface area (Å²) in [6.07, 6.45) is 1.40. The lowest BCUT2D eigenvalue weighted by Crippen LogP contribution is -2.36. The molecule has 1 saturated heterocycles. The zero-order valence-corrected chi connectivity index (χ0v) is 16.7. The van der Waals surface area contributed by atoms with Crippen LogP contribution in [0.5, 0.6) is 11.5 Å². The number of anilines is 1. The third kappa shape index (κ3) is 4.84. The van der Waals surface area contributed by atoms with Gasteiger partial charge in [-0.1, -0.05) is 0 Å². The molecule has 0 bridgehead atoms. The molecule has 0 aliphatic carbocycles. The van der Waals surface area contributed by atoms with Crippen LogP contribution in [-0.4, -0.2) is 57.6 Å². The van der Waals surface area contributed by atoms with E-state index in [4.69, 9.17) is 14.2 Å². The summed E-state index contributed by atoms with van der Waals surface area (Å²) in [5.74, 6) is 0.470. The van der Waals surface area contributed by atoms with Gasteiger partial charge in [0, 0.05) is 42.0 Å². The molecule has 0 radical (unpaired) electrons. The van der Waals surface area contributed by atoms with E-state index in [9.17, 15) is 14.9 Å². The van der Waals surface area contributed by atoms with Crippen molar-refractivity contribution in [3.05, 3.63) is 57.6 Å². The summed E-state index contributed by atoms with van der Waals surface area (Å²) in [7, 11) is 2.99. The number of hydrogen-bond donors (Lipinski definition) is 1. The summed E-state index contributed by atoms with van der Waals surface area (Å²) in [6, 6.07) is 9.30. The van der Waals surface area contributed by atoms with Gasteiger partial charge in [0.05, 0.1) is 38.6 Å². The number of carbonyl (C=O) groups excluding carboxylic acids is 1. The van der Waals surface area contributed by atoms with E-state index in [1.54, 1.807) is 18.2 Å². The maximum absolute atomic E-state index is 12.4. The van der Waals surface area contributed by atoms with E-state index in [0.717, 1.165) is 5.69 Å². The number of carbonyl (C=O) groups is 1. The molecule has 30 heavy (non-hydrogen) atoms. The van der Waals surface area contributed by atoms with Crippen molar-refractivity contribution in [2.45, 2.75) is 0 Å². The third-order valence-corrected chi connectivity index (χ3v) is 4.59. The molecule has 2 aromatic carbocycles. The van der Waals surface area contributed by atoms with Crippen LogP contribution < -0.4 is 19.8 Å². The van der Waals surface area contributed by atoms with Crippen molar-refractivity contribution in [1.29, 1.82) is 0 Å². The number of methoxy groups -OCH3 is 2. The molecule has 1 heterocycles. The number of hydrazone groups is 1. The fourth-order valence-corrected chi connectivity index (χ4v) is 3.05. The van der Waals surface area contributed by atoms with Gasteiger partial charge >= 0.3 is 0 Å². The molecular weight excluding hydrogens is 392 g/mol. The lowest BCUT2D eigenvalue weighted by molar-refractivity contribution is -0.384. The van der Waals surface area contributed by atoms with Gasteiger partial charge in [-0.25, -0.2) is 5.43 Å². The number of non-ortho nitro benzene ring substituents is 1. The fourth-order valence-electron chi connectivity index (χ4n) is 3.05. The Labute approximate surface area is 173 Å². The molecular formula is C20H22N4O6. The third-order valence-electron chi connectivity index (χ3n) is 4.59. The SMILES string of the molecule is COc1ccc(C(=O)N/N=C\c2cc([N+](=O)[O-])ccc2N2CCOCC2)cc1OC. The van der Waals surface area contributed by atoms with E-state index in [2.05, 4.69) is 15.4 Å². The fraction of sp³-hybridized carbons (Fsp3) is 0.300. The van der Waals surface area contributed by atoms with E-state index in [1.807, 2.05) is 0 Å². The molecule has 2 aromatic rings. The molecule has 0 aromatic heterocycles. The lowest BCUT2D eigenvalue weighted by Gasteiger charge is -2.29. The van der Waals surface area contributed by atoms with Gasteiger partial charge in [-0.3, -0.25) is 14.9 Å². The van der Waals surface area contributed by atoms with E-state index < -0.39 is 10.8 Å². The minimum absolute atomic E-state index is 0.0559. The molecule has 0 atom stereocenters. The summed E-state index contributed by atoms with van der Waals surface area (Å²) >= 11 is 0. The zero-order chi connectivity index (χ0) is 21.5. The van der Waals surface area contributed by atoms with Crippen LogP contribution in [0.3, 0.4) is 0 Å². The molecule has 0 spiro atoms. The second-order valence-electron chi connectivity index (χ2n) is 6.37. The van der Waals surface area contributed by atoms with Crippen LogP contribution in [0.1, 0.15) is 15.9 Å². The summed E-state index contributed by atoms with van der Waals surface area (Å²) < 4.78 is 15.7. The molecule has 10 nitrogen and oxygen atoms in total. The number of nitro groups is 1. The van der Waals surface area contributed by atoms with Crippen molar-refractivity contribution in [1.82, 2.24) is 5.43 Å². The van der Waals surface area contributed by atoms with Gasteiger partial charge in [-0.15, -0.1) is 0 Å². The van der Waals surface area contributed by atoms with Crippen LogP contribution in [-0.2, 0) is 4.74 Å². The molecule has 1 aliphatic rings. The maximum atomic E-state index is 12.4. The number of hydrogen-bond acceptors (Lipinski definition) is 8. The number of nitrogens with zero attached hydrogens (tertiary/aromatic N) is 3. The van der Waals surface area contributed by atoms with Crippen molar-refractivity contribution in [2.24, 2.45) is 5.10 Å². The van der Waals surface area contributed by atoms with Crippen LogP contribution in [0, 0.1) is 10.1 Å². The first kappa shape index (κ1) is 21.1. The Bertz CT molecular complexity index is 956. The highest BCUT2D eigenvalue weighted by Gasteiger charge is 2.17. The Morgan fingerprint density at radius 2 is 1.90 bits per heavy atom. The Kier molecular flexibility index (Phi) is 6.81. The first-order valence-electron chi connectivity index (χ1n) is 9.20. The van der Waals surface area contributed by atoms with E-state index in [1.165, 1.54) is 38.6 Å². The Morgan fingerprint density at radius 1 is 1.17 bits per heavy atom. The van der Waals surface area contributed by atoms with Crippen LogP contribution >= 0.6 is 0 Å². The highest BCUT2D eigenvalue weighted by Crippen LogP contribution is 2.28. The minimum Gasteiger partial charge on any atom is -0.493 e. The Morgan fingerprint density at radius 3 is 2.57 bits per heavy atom. The second kappa shape index (κ2) is 9.70. The molecule has 158 valence electrons. The van der Waals surface area contributed by atoms with Crippen LogP contribution in [0.25, 0.3) is 0 Å². The number of ether oxygens (including phenoxy) is 3. The average Bonchev–Trinajstić information content (AvgIpc) is 2.78. The molecule has 0 saturated carbocycles. The van der Waals surface area contributed by atoms with E-state index >= 15 is 0 Å². The lowest BCUT2D eigenvalue weighted by atomic mass is 10.1. The predicted octanol–water partition coefficient (Wildman–Crippen LogP) is 2.21. The molecule has 10 heteroatoms. The van der Waals surface area contributed by atoms with Crippen molar-refractivity contribution < 1.29 is 23.9 Å². The van der Waals surface area contributed by atoms with Gasteiger partial charge in [0.25, 0.3) is 11.6 Å². The van der Waals surface area contributed by atoms with Gasteiger partial charge in [0.2, 0.25) is 0 Å². The number of rotatable bonds is 7. The van der Waals surface area contributed by atoms with Crippen molar-refractivity contribution in [3.63, 3.8) is 0 Å². The van der Waals surface area contributed by atoms with Crippen LogP contribution in [0.15, 0.2) is 41.5 Å².